The van der Waals surface area contributed by atoms with Crippen molar-refractivity contribution in [3.63, 3.8) is 0 Å². The summed E-state index contributed by atoms with van der Waals surface area (Å²) in [6.07, 6.45) is 3.38. The number of allylic oxidation sites excluding steroid dienone is 1. The minimum Gasteiger partial charge on any atom is -0.492 e. The first-order chi connectivity index (χ1) is 18.1. The summed E-state index contributed by atoms with van der Waals surface area (Å²) in [6, 6.07) is 9.98. The van der Waals surface area contributed by atoms with Crippen molar-refractivity contribution < 1.29 is 36.8 Å². The summed E-state index contributed by atoms with van der Waals surface area (Å²) in [5.74, 6) is -1.27. The smallest absolute Gasteiger partial charge is 0.336 e. The monoisotopic (exact) mass is 564 g/mol. The molecule has 0 spiro atoms. The minimum absolute atomic E-state index is 0.0216. The molecule has 2 atom stereocenters. The molecule has 2 aromatic rings. The van der Waals surface area contributed by atoms with Crippen molar-refractivity contribution in [3.05, 3.63) is 70.1 Å². The molecule has 4 rings (SSSR count). The Balaban J connectivity index is 1.49. The maximum absolute atomic E-state index is 13.4. The lowest BCUT2D eigenvalue weighted by Crippen LogP contribution is -2.42. The third-order valence-electron chi connectivity index (χ3n) is 6.51. The van der Waals surface area contributed by atoms with Crippen LogP contribution in [-0.4, -0.2) is 66.3 Å². The largest absolute Gasteiger partial charge is 0.492 e. The second-order valence-corrected chi connectivity index (χ2v) is 11.1. The summed E-state index contributed by atoms with van der Waals surface area (Å²) in [6.45, 7) is 2.58. The van der Waals surface area contributed by atoms with Crippen molar-refractivity contribution in [2.75, 3.05) is 25.5 Å². The van der Waals surface area contributed by atoms with Crippen molar-refractivity contribution in [1.29, 1.82) is 0 Å². The Labute approximate surface area is 226 Å². The van der Waals surface area contributed by atoms with E-state index in [0.29, 0.717) is 46.5 Å². The molecule has 12 heteroatoms. The molecule has 1 aromatic heterocycles. The van der Waals surface area contributed by atoms with Crippen LogP contribution in [0.25, 0.3) is 0 Å². The molecule has 1 amide bonds. The SMILES string of the molecule is CC1=C(C(=O)OCc2ccc(OCCS(=O)(=O)O)cc2)[C@H](c2ccc(Cl)nc2)CC(=O)N1C[C@H]1CCCO1. The van der Waals surface area contributed by atoms with Crippen LogP contribution in [0.5, 0.6) is 5.75 Å². The molecule has 0 saturated carbocycles. The van der Waals surface area contributed by atoms with Gasteiger partial charge in [-0.1, -0.05) is 29.8 Å². The minimum atomic E-state index is -4.11. The van der Waals surface area contributed by atoms with Crippen LogP contribution in [0.2, 0.25) is 5.15 Å². The zero-order valence-electron chi connectivity index (χ0n) is 20.8. The average molecular weight is 565 g/mol. The van der Waals surface area contributed by atoms with E-state index in [4.69, 9.17) is 30.4 Å². The summed E-state index contributed by atoms with van der Waals surface area (Å²) in [4.78, 5) is 32.3. The zero-order valence-corrected chi connectivity index (χ0v) is 22.4. The van der Waals surface area contributed by atoms with E-state index in [1.165, 1.54) is 0 Å². The van der Waals surface area contributed by atoms with Crippen LogP contribution in [0, 0.1) is 0 Å². The van der Waals surface area contributed by atoms with E-state index < -0.39 is 27.8 Å². The number of ether oxygens (including phenoxy) is 3. The van der Waals surface area contributed by atoms with E-state index in [-0.39, 0.29) is 31.6 Å². The van der Waals surface area contributed by atoms with Gasteiger partial charge in [0.25, 0.3) is 10.1 Å². The van der Waals surface area contributed by atoms with Crippen molar-refractivity contribution in [2.45, 2.75) is 44.8 Å². The van der Waals surface area contributed by atoms with E-state index in [2.05, 4.69) is 4.98 Å². The van der Waals surface area contributed by atoms with Gasteiger partial charge in [0.05, 0.1) is 18.2 Å². The maximum Gasteiger partial charge on any atom is 0.336 e. The van der Waals surface area contributed by atoms with Gasteiger partial charge in [-0.05, 0) is 49.1 Å². The first kappa shape index (κ1) is 28.0. The fraction of sp³-hybridized carbons (Fsp3) is 0.423. The standard InChI is InChI=1S/C26H29ClN2O8S/c1-17-25(26(31)37-16-18-4-7-20(8-5-18)36-11-12-38(32,33)34)22(19-6-9-23(27)28-14-19)13-24(30)29(17)15-21-3-2-10-35-21/h4-9,14,21-22H,2-3,10-13,15-16H2,1H3,(H,32,33,34)/t21-,22+/m1/s1. The van der Waals surface area contributed by atoms with Gasteiger partial charge in [-0.15, -0.1) is 0 Å². The van der Waals surface area contributed by atoms with E-state index in [1.807, 2.05) is 0 Å². The predicted molar refractivity (Wildman–Crippen MR) is 138 cm³/mol. The number of hydrogen-bond donors (Lipinski definition) is 1. The van der Waals surface area contributed by atoms with Crippen molar-refractivity contribution in [2.24, 2.45) is 0 Å². The molecule has 2 aliphatic rings. The van der Waals surface area contributed by atoms with Crippen LogP contribution in [0.4, 0.5) is 0 Å². The third kappa shape index (κ3) is 7.31. The fourth-order valence-electron chi connectivity index (χ4n) is 4.54. The highest BCUT2D eigenvalue weighted by Gasteiger charge is 2.38. The molecule has 1 N–H and O–H groups in total. The number of pyridine rings is 1. The molecule has 2 aliphatic heterocycles. The third-order valence-corrected chi connectivity index (χ3v) is 7.42. The lowest BCUT2D eigenvalue weighted by molar-refractivity contribution is -0.141. The Morgan fingerprint density at radius 2 is 2.00 bits per heavy atom. The number of aromatic nitrogens is 1. The van der Waals surface area contributed by atoms with Crippen LogP contribution in [0.15, 0.2) is 53.9 Å². The highest BCUT2D eigenvalue weighted by Crippen LogP contribution is 2.37. The lowest BCUT2D eigenvalue weighted by atomic mass is 9.84. The zero-order chi connectivity index (χ0) is 27.3. The molecular weight excluding hydrogens is 536 g/mol. The highest BCUT2D eigenvalue weighted by molar-refractivity contribution is 7.85. The number of benzene rings is 1. The number of esters is 1. The Kier molecular flexibility index (Phi) is 9.03. The van der Waals surface area contributed by atoms with Crippen LogP contribution in [0.1, 0.15) is 43.2 Å². The van der Waals surface area contributed by atoms with Crippen molar-refractivity contribution in [3.8, 4) is 5.75 Å². The summed E-state index contributed by atoms with van der Waals surface area (Å²) in [5.41, 5.74) is 2.30. The number of halogens is 1. The predicted octanol–water partition coefficient (Wildman–Crippen LogP) is 3.51. The van der Waals surface area contributed by atoms with Crippen molar-refractivity contribution in [1.82, 2.24) is 9.88 Å². The maximum atomic E-state index is 13.4. The van der Waals surface area contributed by atoms with Gasteiger partial charge in [0.2, 0.25) is 5.91 Å². The summed E-state index contributed by atoms with van der Waals surface area (Å²) < 4.78 is 47.1. The number of carbonyl (C=O) groups excluding carboxylic acids is 2. The Bertz CT molecular complexity index is 1290. The van der Waals surface area contributed by atoms with Gasteiger partial charge in [0.15, 0.2) is 0 Å². The summed E-state index contributed by atoms with van der Waals surface area (Å²) >= 11 is 5.95. The van der Waals surface area contributed by atoms with Crippen LogP contribution in [0.3, 0.4) is 0 Å². The number of amides is 1. The van der Waals surface area contributed by atoms with Crippen LogP contribution >= 0.6 is 11.6 Å². The molecule has 38 heavy (non-hydrogen) atoms. The highest BCUT2D eigenvalue weighted by atomic mass is 35.5. The summed E-state index contributed by atoms with van der Waals surface area (Å²) in [7, 11) is -4.11. The Morgan fingerprint density at radius 1 is 1.24 bits per heavy atom. The molecule has 0 aliphatic carbocycles. The number of rotatable bonds is 10. The van der Waals surface area contributed by atoms with Gasteiger partial charge >= 0.3 is 5.97 Å². The molecule has 0 unspecified atom stereocenters. The molecule has 1 fully saturated rings. The second-order valence-electron chi connectivity index (χ2n) is 9.16. The average Bonchev–Trinajstić information content (AvgIpc) is 3.39. The quantitative estimate of drug-likeness (QED) is 0.261. The van der Waals surface area contributed by atoms with Gasteiger partial charge < -0.3 is 19.1 Å². The van der Waals surface area contributed by atoms with E-state index >= 15 is 0 Å². The molecule has 0 bridgehead atoms. The number of carbonyl (C=O) groups is 2. The van der Waals surface area contributed by atoms with Crippen LogP contribution < -0.4 is 4.74 Å². The van der Waals surface area contributed by atoms with Crippen molar-refractivity contribution >= 4 is 33.6 Å². The second kappa shape index (κ2) is 12.2. The van der Waals surface area contributed by atoms with Gasteiger partial charge in [-0.3, -0.25) is 9.35 Å². The Morgan fingerprint density at radius 3 is 2.63 bits per heavy atom. The Hall–Kier alpha value is -2.99. The molecule has 204 valence electrons. The topological polar surface area (TPSA) is 132 Å². The molecule has 0 radical (unpaired) electrons. The number of nitrogens with zero attached hydrogens (tertiary/aromatic N) is 2. The molecular formula is C26H29ClN2O8S. The normalized spacial score (nSPS) is 20.1. The molecule has 10 nitrogen and oxygen atoms in total. The van der Waals surface area contributed by atoms with E-state index in [9.17, 15) is 18.0 Å². The van der Waals surface area contributed by atoms with E-state index in [1.54, 1.807) is 54.4 Å². The first-order valence-corrected chi connectivity index (χ1v) is 14.2. The van der Waals surface area contributed by atoms with E-state index in [0.717, 1.165) is 12.8 Å². The fourth-order valence-corrected chi connectivity index (χ4v) is 4.95. The lowest BCUT2D eigenvalue weighted by Gasteiger charge is -2.35. The van der Waals surface area contributed by atoms with Crippen LogP contribution in [-0.2, 0) is 35.8 Å². The first-order valence-electron chi connectivity index (χ1n) is 12.2. The summed E-state index contributed by atoms with van der Waals surface area (Å²) in [5, 5.41) is 0.311. The van der Waals surface area contributed by atoms with Gasteiger partial charge in [0.1, 0.15) is 29.9 Å². The van der Waals surface area contributed by atoms with Gasteiger partial charge in [-0.2, -0.15) is 8.42 Å². The van der Waals surface area contributed by atoms with Gasteiger partial charge in [0, 0.05) is 30.8 Å². The number of hydrogen-bond acceptors (Lipinski definition) is 8. The molecule has 1 aromatic carbocycles. The van der Waals surface area contributed by atoms with Gasteiger partial charge in [-0.25, -0.2) is 9.78 Å². The molecule has 1 saturated heterocycles. The molecule has 3 heterocycles.